The van der Waals surface area contributed by atoms with Crippen molar-refractivity contribution in [1.82, 2.24) is 4.31 Å². The van der Waals surface area contributed by atoms with Gasteiger partial charge in [0.15, 0.2) is 9.84 Å². The van der Waals surface area contributed by atoms with Crippen LogP contribution in [0.5, 0.6) is 0 Å². The van der Waals surface area contributed by atoms with Gasteiger partial charge in [-0.1, -0.05) is 31.4 Å². The highest BCUT2D eigenvalue weighted by molar-refractivity contribution is 7.92. The Morgan fingerprint density at radius 2 is 1.71 bits per heavy atom. The molecule has 2 N–H and O–H groups in total. The van der Waals surface area contributed by atoms with Gasteiger partial charge in [0.2, 0.25) is 10.0 Å². The predicted octanol–water partition coefficient (Wildman–Crippen LogP) is 1.27. The maximum absolute atomic E-state index is 13.2. The summed E-state index contributed by atoms with van der Waals surface area (Å²) in [6.07, 6.45) is 4.78. The second-order valence-corrected chi connectivity index (χ2v) is 12.0. The molecule has 2 fully saturated rings. The highest BCUT2D eigenvalue weighted by Crippen LogP contribution is 2.33. The third-order valence-electron chi connectivity index (χ3n) is 5.78. The van der Waals surface area contributed by atoms with Gasteiger partial charge in [0.25, 0.3) is 0 Å². The minimum atomic E-state index is -3.99. The molecule has 158 valence electrons. The van der Waals surface area contributed by atoms with Crippen molar-refractivity contribution in [3.05, 3.63) is 29.8 Å². The zero-order valence-electron chi connectivity index (χ0n) is 15.9. The van der Waals surface area contributed by atoms with Crippen LogP contribution in [0.4, 0.5) is 0 Å². The maximum Gasteiger partial charge on any atom is 0.243 e. The molecule has 1 saturated carbocycles. The van der Waals surface area contributed by atoms with Gasteiger partial charge in [0.1, 0.15) is 0 Å². The largest absolute Gasteiger partial charge is 0.394 e. The summed E-state index contributed by atoms with van der Waals surface area (Å²) in [4.78, 5) is 0.0847. The number of hydrogen-bond donors (Lipinski definition) is 2. The Morgan fingerprint density at radius 3 is 2.25 bits per heavy atom. The summed E-state index contributed by atoms with van der Waals surface area (Å²) in [5.41, 5.74) is 1.13. The normalized spacial score (nSPS) is 24.5. The monoisotopic (exact) mass is 431 g/mol. The molecule has 0 bridgehead atoms. The molecule has 28 heavy (non-hydrogen) atoms. The summed E-state index contributed by atoms with van der Waals surface area (Å²) < 4.78 is 51.2. The minimum absolute atomic E-state index is 0.0699. The fraction of sp³-hybridized carbons (Fsp3) is 0.684. The average molecular weight is 432 g/mol. The van der Waals surface area contributed by atoms with Crippen LogP contribution in [0.2, 0.25) is 0 Å². The first kappa shape index (κ1) is 21.7. The smallest absolute Gasteiger partial charge is 0.243 e. The molecule has 1 aliphatic carbocycles. The summed E-state index contributed by atoms with van der Waals surface area (Å²) in [5.74, 6) is 0.127. The number of benzene rings is 1. The van der Waals surface area contributed by atoms with E-state index in [1.165, 1.54) is 19.3 Å². The molecule has 2 atom stereocenters. The van der Waals surface area contributed by atoms with E-state index in [9.17, 15) is 21.9 Å². The zero-order valence-corrected chi connectivity index (χ0v) is 17.5. The molecule has 0 amide bonds. The number of nitrogens with zero attached hydrogens (tertiary/aromatic N) is 1. The van der Waals surface area contributed by atoms with E-state index in [0.717, 1.165) is 22.7 Å². The van der Waals surface area contributed by atoms with Crippen LogP contribution in [0.1, 0.15) is 50.0 Å². The van der Waals surface area contributed by atoms with E-state index >= 15 is 0 Å². The Bertz CT molecular complexity index is 860. The molecule has 0 spiro atoms. The van der Waals surface area contributed by atoms with Gasteiger partial charge in [-0.15, -0.1) is 0 Å². The molecule has 7 nitrogen and oxygen atoms in total. The maximum atomic E-state index is 13.2. The van der Waals surface area contributed by atoms with E-state index in [2.05, 4.69) is 0 Å². The van der Waals surface area contributed by atoms with Crippen molar-refractivity contribution in [2.75, 3.05) is 24.7 Å². The number of aliphatic hydroxyl groups excluding tert-OH is 2. The Labute approximate surface area is 167 Å². The highest BCUT2D eigenvalue weighted by atomic mass is 32.2. The summed E-state index contributed by atoms with van der Waals surface area (Å²) in [6, 6.07) is 6.10. The third kappa shape index (κ3) is 4.94. The predicted molar refractivity (Wildman–Crippen MR) is 106 cm³/mol. The van der Waals surface area contributed by atoms with E-state index in [0.29, 0.717) is 5.92 Å². The standard InChI is InChI=1S/C19H29NO6S2/c21-13-18(22)12-20(17-10-11-27(23,24)14-17)28(25,26)19-8-6-16(7-9-19)15-4-2-1-3-5-15/h6-9,15,17-18,21-22H,1-5,10-14H2/t17-,18+/m0/s1. The second-order valence-electron chi connectivity index (χ2n) is 7.87. The Kier molecular flexibility index (Phi) is 6.81. The minimum Gasteiger partial charge on any atom is -0.394 e. The number of sulfone groups is 1. The van der Waals surface area contributed by atoms with E-state index in [4.69, 9.17) is 5.11 Å². The number of aliphatic hydroxyl groups is 2. The topological polar surface area (TPSA) is 112 Å². The molecular weight excluding hydrogens is 402 g/mol. The van der Waals surface area contributed by atoms with Crippen LogP contribution in [0.15, 0.2) is 29.2 Å². The molecule has 1 heterocycles. The Balaban J connectivity index is 1.85. The first-order valence-electron chi connectivity index (χ1n) is 9.84. The van der Waals surface area contributed by atoms with Gasteiger partial charge >= 0.3 is 0 Å². The van der Waals surface area contributed by atoms with Gasteiger partial charge in [-0.2, -0.15) is 4.31 Å². The van der Waals surface area contributed by atoms with E-state index < -0.39 is 38.6 Å². The van der Waals surface area contributed by atoms with Crippen LogP contribution in [0.25, 0.3) is 0 Å². The molecule has 1 aliphatic heterocycles. The average Bonchev–Trinajstić information content (AvgIpc) is 3.05. The fourth-order valence-electron chi connectivity index (χ4n) is 4.19. The van der Waals surface area contributed by atoms with Gasteiger partial charge in [0.05, 0.1) is 29.1 Å². The van der Waals surface area contributed by atoms with Crippen LogP contribution in [0.3, 0.4) is 0 Å². The van der Waals surface area contributed by atoms with Crippen LogP contribution < -0.4 is 0 Å². The van der Waals surface area contributed by atoms with Crippen molar-refractivity contribution >= 4 is 19.9 Å². The lowest BCUT2D eigenvalue weighted by Gasteiger charge is -2.29. The first-order chi connectivity index (χ1) is 13.2. The van der Waals surface area contributed by atoms with Crippen molar-refractivity contribution in [3.8, 4) is 0 Å². The lowest BCUT2D eigenvalue weighted by Crippen LogP contribution is -2.46. The number of hydrogen-bond acceptors (Lipinski definition) is 6. The van der Waals surface area contributed by atoms with E-state index in [-0.39, 0.29) is 29.4 Å². The lowest BCUT2D eigenvalue weighted by atomic mass is 9.84. The van der Waals surface area contributed by atoms with Crippen molar-refractivity contribution < 1.29 is 27.0 Å². The summed E-state index contributed by atoms with van der Waals surface area (Å²) in [7, 11) is -7.29. The quantitative estimate of drug-likeness (QED) is 0.672. The van der Waals surface area contributed by atoms with Crippen LogP contribution in [-0.4, -0.2) is 68.2 Å². The highest BCUT2D eigenvalue weighted by Gasteiger charge is 2.39. The summed E-state index contributed by atoms with van der Waals surface area (Å²) in [6.45, 7) is -0.921. The Morgan fingerprint density at radius 1 is 1.07 bits per heavy atom. The molecule has 0 unspecified atom stereocenters. The van der Waals surface area contributed by atoms with Gasteiger partial charge < -0.3 is 10.2 Å². The SMILES string of the molecule is O=S1(=O)CC[C@H](N(C[C@@H](O)CO)S(=O)(=O)c2ccc(C3CCCCC3)cc2)C1. The molecular formula is C19H29NO6S2. The third-order valence-corrected chi connectivity index (χ3v) is 9.46. The molecule has 0 radical (unpaired) electrons. The summed E-state index contributed by atoms with van der Waals surface area (Å²) in [5, 5.41) is 19.0. The van der Waals surface area contributed by atoms with Gasteiger partial charge in [-0.05, 0) is 42.9 Å². The summed E-state index contributed by atoms with van der Waals surface area (Å²) >= 11 is 0. The zero-order chi connectivity index (χ0) is 20.4. The van der Waals surface area contributed by atoms with E-state index in [1.807, 2.05) is 12.1 Å². The Hall–Kier alpha value is -1.00. The van der Waals surface area contributed by atoms with Crippen LogP contribution in [-0.2, 0) is 19.9 Å². The molecule has 2 aliphatic rings. The van der Waals surface area contributed by atoms with Gasteiger partial charge in [0, 0.05) is 12.6 Å². The van der Waals surface area contributed by atoms with Crippen LogP contribution in [0, 0.1) is 0 Å². The van der Waals surface area contributed by atoms with E-state index in [1.54, 1.807) is 12.1 Å². The van der Waals surface area contributed by atoms with Crippen LogP contribution >= 0.6 is 0 Å². The molecule has 3 rings (SSSR count). The lowest BCUT2D eigenvalue weighted by molar-refractivity contribution is 0.0730. The molecule has 0 aromatic heterocycles. The number of rotatable bonds is 7. The molecule has 1 saturated heterocycles. The molecule has 1 aromatic rings. The van der Waals surface area contributed by atoms with Gasteiger partial charge in [-0.25, -0.2) is 16.8 Å². The first-order valence-corrected chi connectivity index (χ1v) is 13.1. The van der Waals surface area contributed by atoms with Crippen molar-refractivity contribution in [1.29, 1.82) is 0 Å². The number of sulfonamides is 1. The van der Waals surface area contributed by atoms with Crippen molar-refractivity contribution in [3.63, 3.8) is 0 Å². The van der Waals surface area contributed by atoms with Crippen molar-refractivity contribution in [2.24, 2.45) is 0 Å². The molecule has 9 heteroatoms. The fourth-order valence-corrected chi connectivity index (χ4v) is 7.71. The van der Waals surface area contributed by atoms with Gasteiger partial charge in [-0.3, -0.25) is 0 Å². The molecule has 1 aromatic carbocycles. The van der Waals surface area contributed by atoms with Crippen molar-refractivity contribution in [2.45, 2.75) is 61.5 Å². The second kappa shape index (κ2) is 8.79.